The van der Waals surface area contributed by atoms with E-state index < -0.39 is 0 Å². The summed E-state index contributed by atoms with van der Waals surface area (Å²) in [6.07, 6.45) is 5.48. The van der Waals surface area contributed by atoms with Gasteiger partial charge in [-0.25, -0.2) is 0 Å². The van der Waals surface area contributed by atoms with Crippen LogP contribution >= 0.6 is 23.4 Å². The minimum absolute atomic E-state index is 0.451. The van der Waals surface area contributed by atoms with Crippen LogP contribution < -0.4 is 0 Å². The maximum absolute atomic E-state index is 5.61. The van der Waals surface area contributed by atoms with Gasteiger partial charge in [0.1, 0.15) is 0 Å². The van der Waals surface area contributed by atoms with Crippen molar-refractivity contribution in [3.63, 3.8) is 0 Å². The average Bonchev–Trinajstić information content (AvgIpc) is 2.76. The average molecular weight is 247 g/mol. The molecule has 84 valence electrons. The summed E-state index contributed by atoms with van der Waals surface area (Å²) < 4.78 is 5.19. The molecule has 1 unspecified atom stereocenters. The molecule has 2 heterocycles. The van der Waals surface area contributed by atoms with Crippen LogP contribution in [-0.2, 0) is 6.42 Å². The number of thioether (sulfide) groups is 1. The quantitative estimate of drug-likeness (QED) is 0.765. The lowest BCUT2D eigenvalue weighted by molar-refractivity contribution is 0.371. The third-order valence-electron chi connectivity index (χ3n) is 2.48. The molecule has 0 amide bonds. The molecule has 1 aliphatic rings. The molecule has 1 fully saturated rings. The fraction of sp³-hybridized carbons (Fsp3) is 0.800. The van der Waals surface area contributed by atoms with E-state index in [1.165, 1.54) is 25.0 Å². The Balaban J connectivity index is 1.93. The largest absolute Gasteiger partial charge is 0.339 e. The van der Waals surface area contributed by atoms with Gasteiger partial charge in [-0.15, -0.1) is 11.6 Å². The van der Waals surface area contributed by atoms with Gasteiger partial charge in [-0.1, -0.05) is 11.6 Å². The molecule has 0 N–H and O–H groups in total. The molecule has 1 aromatic rings. The molecule has 1 aromatic heterocycles. The molecular formula is C10H15ClN2OS. The Kier molecular flexibility index (Phi) is 4.32. The Morgan fingerprint density at radius 3 is 3.13 bits per heavy atom. The van der Waals surface area contributed by atoms with E-state index in [4.69, 9.17) is 16.1 Å². The molecule has 1 aliphatic heterocycles. The summed E-state index contributed by atoms with van der Waals surface area (Å²) >= 11 is 7.56. The van der Waals surface area contributed by atoms with Crippen molar-refractivity contribution in [2.75, 3.05) is 11.6 Å². The summed E-state index contributed by atoms with van der Waals surface area (Å²) in [4.78, 5) is 4.41. The molecule has 0 radical (unpaired) electrons. The zero-order valence-corrected chi connectivity index (χ0v) is 10.2. The van der Waals surface area contributed by atoms with Crippen LogP contribution in [0.1, 0.15) is 42.6 Å². The molecular weight excluding hydrogens is 232 g/mol. The van der Waals surface area contributed by atoms with Crippen LogP contribution in [0.15, 0.2) is 4.52 Å². The molecule has 3 nitrogen and oxygen atoms in total. The van der Waals surface area contributed by atoms with Crippen LogP contribution in [0.3, 0.4) is 0 Å². The third-order valence-corrected chi connectivity index (χ3v) is 4.12. The summed E-state index contributed by atoms with van der Waals surface area (Å²) in [5, 5.41) is 4.49. The number of halogens is 1. The highest BCUT2D eigenvalue weighted by Gasteiger charge is 2.21. The lowest BCUT2D eigenvalue weighted by Crippen LogP contribution is -2.03. The number of hydrogen-bond donors (Lipinski definition) is 0. The van der Waals surface area contributed by atoms with Crippen LogP contribution in [0.4, 0.5) is 0 Å². The summed E-state index contributed by atoms with van der Waals surface area (Å²) in [6.45, 7) is 0. The van der Waals surface area contributed by atoms with Gasteiger partial charge in [0, 0.05) is 12.3 Å². The van der Waals surface area contributed by atoms with Gasteiger partial charge in [0.15, 0.2) is 5.82 Å². The first kappa shape index (κ1) is 11.3. The van der Waals surface area contributed by atoms with Crippen molar-refractivity contribution in [3.8, 4) is 0 Å². The normalized spacial score (nSPS) is 21.8. The molecule has 5 heteroatoms. The molecule has 2 rings (SSSR count). The molecule has 0 aliphatic carbocycles. The van der Waals surface area contributed by atoms with E-state index >= 15 is 0 Å². The van der Waals surface area contributed by atoms with Gasteiger partial charge in [-0.05, 0) is 25.0 Å². The number of aromatic nitrogens is 2. The monoisotopic (exact) mass is 246 g/mol. The minimum atomic E-state index is 0.451. The van der Waals surface area contributed by atoms with Crippen molar-refractivity contribution in [1.29, 1.82) is 0 Å². The molecule has 15 heavy (non-hydrogen) atoms. The predicted molar refractivity (Wildman–Crippen MR) is 62.4 cm³/mol. The Hall–Kier alpha value is -0.220. The third kappa shape index (κ3) is 3.11. The highest BCUT2D eigenvalue weighted by Crippen LogP contribution is 2.36. The van der Waals surface area contributed by atoms with Crippen molar-refractivity contribution in [3.05, 3.63) is 11.7 Å². The first-order valence-corrected chi connectivity index (χ1v) is 6.98. The van der Waals surface area contributed by atoms with Crippen molar-refractivity contribution in [1.82, 2.24) is 10.1 Å². The highest BCUT2D eigenvalue weighted by atomic mass is 35.5. The Morgan fingerprint density at radius 1 is 1.47 bits per heavy atom. The molecule has 0 aromatic carbocycles. The van der Waals surface area contributed by atoms with Gasteiger partial charge in [0.25, 0.3) is 0 Å². The fourth-order valence-electron chi connectivity index (χ4n) is 1.66. The van der Waals surface area contributed by atoms with Crippen molar-refractivity contribution in [2.24, 2.45) is 0 Å². The number of rotatable bonds is 4. The van der Waals surface area contributed by atoms with Crippen LogP contribution in [0.2, 0.25) is 0 Å². The standard InChI is InChI=1S/C10H15ClN2OS/c11-6-3-5-9-12-10(13-14-9)8-4-1-2-7-15-8/h8H,1-7H2. The van der Waals surface area contributed by atoms with Gasteiger partial charge < -0.3 is 4.52 Å². The van der Waals surface area contributed by atoms with Gasteiger partial charge >= 0.3 is 0 Å². The summed E-state index contributed by atoms with van der Waals surface area (Å²) in [5.41, 5.74) is 0. The first-order valence-electron chi connectivity index (χ1n) is 5.40. The summed E-state index contributed by atoms with van der Waals surface area (Å²) in [5.74, 6) is 3.48. The van der Waals surface area contributed by atoms with E-state index in [2.05, 4.69) is 10.1 Å². The zero-order valence-electron chi connectivity index (χ0n) is 8.62. The van der Waals surface area contributed by atoms with Gasteiger partial charge in [-0.2, -0.15) is 16.7 Å². The molecule has 1 saturated heterocycles. The highest BCUT2D eigenvalue weighted by molar-refractivity contribution is 7.99. The minimum Gasteiger partial charge on any atom is -0.339 e. The number of nitrogens with zero attached hydrogens (tertiary/aromatic N) is 2. The van der Waals surface area contributed by atoms with Crippen LogP contribution in [0.25, 0.3) is 0 Å². The van der Waals surface area contributed by atoms with E-state index in [0.29, 0.717) is 11.1 Å². The first-order chi connectivity index (χ1) is 7.40. The van der Waals surface area contributed by atoms with Crippen molar-refractivity contribution < 1.29 is 4.52 Å². The lowest BCUT2D eigenvalue weighted by Gasteiger charge is -2.17. The second kappa shape index (κ2) is 5.75. The van der Waals surface area contributed by atoms with E-state index in [1.807, 2.05) is 11.8 Å². The Labute approximate surface area is 99.0 Å². The molecule has 0 spiro atoms. The smallest absolute Gasteiger partial charge is 0.226 e. The molecule has 0 bridgehead atoms. The van der Waals surface area contributed by atoms with E-state index in [-0.39, 0.29) is 0 Å². The lowest BCUT2D eigenvalue weighted by atomic mass is 10.2. The Bertz CT molecular complexity index is 299. The van der Waals surface area contributed by atoms with Gasteiger partial charge in [-0.3, -0.25) is 0 Å². The summed E-state index contributed by atoms with van der Waals surface area (Å²) in [6, 6.07) is 0. The second-order valence-electron chi connectivity index (χ2n) is 3.69. The van der Waals surface area contributed by atoms with Crippen molar-refractivity contribution in [2.45, 2.75) is 37.4 Å². The van der Waals surface area contributed by atoms with Crippen LogP contribution in [0.5, 0.6) is 0 Å². The maximum atomic E-state index is 5.61. The topological polar surface area (TPSA) is 38.9 Å². The zero-order chi connectivity index (χ0) is 10.5. The molecule has 1 atom stereocenters. The molecule has 0 saturated carbocycles. The second-order valence-corrected chi connectivity index (χ2v) is 5.38. The van der Waals surface area contributed by atoms with Gasteiger partial charge in [0.05, 0.1) is 5.25 Å². The van der Waals surface area contributed by atoms with Crippen LogP contribution in [0, 0.1) is 0 Å². The van der Waals surface area contributed by atoms with Crippen molar-refractivity contribution >= 4 is 23.4 Å². The predicted octanol–water partition coefficient (Wildman–Crippen LogP) is 3.20. The number of hydrogen-bond acceptors (Lipinski definition) is 4. The van der Waals surface area contributed by atoms with E-state index in [9.17, 15) is 0 Å². The SMILES string of the molecule is ClCCCc1nc(C2CCCCS2)no1. The number of aryl methyl sites for hydroxylation is 1. The maximum Gasteiger partial charge on any atom is 0.226 e. The summed E-state index contributed by atoms with van der Waals surface area (Å²) in [7, 11) is 0. The number of alkyl halides is 1. The van der Waals surface area contributed by atoms with E-state index in [0.717, 1.165) is 24.6 Å². The Morgan fingerprint density at radius 2 is 2.40 bits per heavy atom. The van der Waals surface area contributed by atoms with Gasteiger partial charge in [0.2, 0.25) is 5.89 Å². The fourth-order valence-corrected chi connectivity index (χ4v) is 3.03. The van der Waals surface area contributed by atoms with Crippen LogP contribution in [-0.4, -0.2) is 21.8 Å². The van der Waals surface area contributed by atoms with E-state index in [1.54, 1.807) is 0 Å².